The molecular formula is C14H17NO2. The predicted octanol–water partition coefficient (Wildman–Crippen LogP) is 2.62. The molecule has 1 aromatic carbocycles. The molecule has 0 radical (unpaired) electrons. The van der Waals surface area contributed by atoms with Crippen LogP contribution in [0, 0.1) is 0 Å². The maximum absolute atomic E-state index is 10.6. The van der Waals surface area contributed by atoms with Crippen molar-refractivity contribution in [1.29, 1.82) is 0 Å². The van der Waals surface area contributed by atoms with Crippen LogP contribution in [-0.4, -0.2) is 12.0 Å². The Labute approximate surface area is 102 Å². The second-order valence-electron chi connectivity index (χ2n) is 3.90. The first kappa shape index (κ1) is 13.0. The van der Waals surface area contributed by atoms with Crippen molar-refractivity contribution < 1.29 is 9.53 Å². The van der Waals surface area contributed by atoms with Crippen LogP contribution in [0.3, 0.4) is 0 Å². The summed E-state index contributed by atoms with van der Waals surface area (Å²) in [6, 6.07) is 5.62. The number of hydrogen-bond acceptors (Lipinski definition) is 2. The summed E-state index contributed by atoms with van der Waals surface area (Å²) in [6.07, 6.45) is 4.82. The van der Waals surface area contributed by atoms with Crippen LogP contribution in [0.1, 0.15) is 25.0 Å². The van der Waals surface area contributed by atoms with Crippen molar-refractivity contribution in [2.24, 2.45) is 5.73 Å². The molecule has 0 atom stereocenters. The normalized spacial score (nSPS) is 10.8. The van der Waals surface area contributed by atoms with Crippen LogP contribution >= 0.6 is 0 Å². The highest BCUT2D eigenvalue weighted by atomic mass is 16.5. The topological polar surface area (TPSA) is 52.3 Å². The molecule has 1 amide bonds. The third kappa shape index (κ3) is 4.15. The van der Waals surface area contributed by atoms with E-state index in [9.17, 15) is 4.79 Å². The Balaban J connectivity index is 2.99. The van der Waals surface area contributed by atoms with Crippen LogP contribution < -0.4 is 10.5 Å². The molecule has 0 saturated carbocycles. The lowest BCUT2D eigenvalue weighted by atomic mass is 10.1. The van der Waals surface area contributed by atoms with E-state index in [4.69, 9.17) is 10.5 Å². The Hall–Kier alpha value is -2.03. The van der Waals surface area contributed by atoms with Gasteiger partial charge in [0, 0.05) is 11.6 Å². The molecule has 0 unspecified atom stereocenters. The molecule has 0 heterocycles. The molecule has 0 bridgehead atoms. The van der Waals surface area contributed by atoms with Gasteiger partial charge in [-0.1, -0.05) is 18.7 Å². The number of hydrogen-bond donors (Lipinski definition) is 1. The monoisotopic (exact) mass is 231 g/mol. The van der Waals surface area contributed by atoms with E-state index in [0.29, 0.717) is 0 Å². The molecule has 0 saturated heterocycles. The molecule has 0 aliphatic heterocycles. The fraction of sp³-hybridized carbons (Fsp3) is 0.214. The van der Waals surface area contributed by atoms with Crippen LogP contribution in [-0.2, 0) is 4.79 Å². The van der Waals surface area contributed by atoms with Gasteiger partial charge in [0.15, 0.2) is 0 Å². The number of amides is 1. The minimum Gasteiger partial charge on any atom is -0.490 e. The lowest BCUT2D eigenvalue weighted by Gasteiger charge is -2.12. The summed E-state index contributed by atoms with van der Waals surface area (Å²) >= 11 is 0. The highest BCUT2D eigenvalue weighted by Crippen LogP contribution is 2.23. The van der Waals surface area contributed by atoms with E-state index in [1.54, 1.807) is 12.2 Å². The molecule has 0 fully saturated rings. The summed E-state index contributed by atoms with van der Waals surface area (Å²) in [4.78, 5) is 10.6. The molecule has 0 aliphatic carbocycles. The zero-order chi connectivity index (χ0) is 12.8. The van der Waals surface area contributed by atoms with Gasteiger partial charge in [0.1, 0.15) is 5.75 Å². The van der Waals surface area contributed by atoms with Crippen molar-refractivity contribution in [2.75, 3.05) is 0 Å². The first-order valence-electron chi connectivity index (χ1n) is 5.43. The van der Waals surface area contributed by atoms with Gasteiger partial charge in [-0.15, -0.1) is 0 Å². The predicted molar refractivity (Wildman–Crippen MR) is 70.5 cm³/mol. The second-order valence-corrected chi connectivity index (χ2v) is 3.90. The van der Waals surface area contributed by atoms with Crippen LogP contribution in [0.5, 0.6) is 5.75 Å². The van der Waals surface area contributed by atoms with E-state index in [-0.39, 0.29) is 6.10 Å². The highest BCUT2D eigenvalue weighted by Gasteiger charge is 2.03. The van der Waals surface area contributed by atoms with Crippen molar-refractivity contribution >= 4 is 18.1 Å². The lowest BCUT2D eigenvalue weighted by Crippen LogP contribution is -2.06. The SMILES string of the molecule is C=Cc1cc(C=CC(N)=O)ccc1OC(C)C. The first-order chi connectivity index (χ1) is 8.02. The average Bonchev–Trinajstić information content (AvgIpc) is 2.26. The fourth-order valence-electron chi connectivity index (χ4n) is 1.37. The smallest absolute Gasteiger partial charge is 0.241 e. The molecule has 0 aromatic heterocycles. The zero-order valence-electron chi connectivity index (χ0n) is 10.1. The van der Waals surface area contributed by atoms with Gasteiger partial charge < -0.3 is 10.5 Å². The largest absolute Gasteiger partial charge is 0.490 e. The van der Waals surface area contributed by atoms with Gasteiger partial charge in [-0.3, -0.25) is 4.79 Å². The number of primary amides is 1. The summed E-state index contributed by atoms with van der Waals surface area (Å²) in [7, 11) is 0. The summed E-state index contributed by atoms with van der Waals surface area (Å²) in [5.41, 5.74) is 6.81. The Bertz CT molecular complexity index is 448. The van der Waals surface area contributed by atoms with Gasteiger partial charge in [0.2, 0.25) is 5.91 Å². The standard InChI is InChI=1S/C14H17NO2/c1-4-12-9-11(6-8-14(15)16)5-7-13(12)17-10(2)3/h4-10H,1H2,2-3H3,(H2,15,16). The van der Waals surface area contributed by atoms with Crippen molar-refractivity contribution in [1.82, 2.24) is 0 Å². The summed E-state index contributed by atoms with van der Waals surface area (Å²) < 4.78 is 5.63. The molecule has 90 valence electrons. The molecule has 3 heteroatoms. The number of benzene rings is 1. The molecule has 1 rings (SSSR count). The van der Waals surface area contributed by atoms with Crippen LogP contribution in [0.25, 0.3) is 12.2 Å². The lowest BCUT2D eigenvalue weighted by molar-refractivity contribution is -0.113. The quantitative estimate of drug-likeness (QED) is 0.792. The van der Waals surface area contributed by atoms with Gasteiger partial charge in [-0.2, -0.15) is 0 Å². The maximum Gasteiger partial charge on any atom is 0.241 e. The molecule has 0 spiro atoms. The third-order valence-corrected chi connectivity index (χ3v) is 2.06. The number of carbonyl (C=O) groups is 1. The maximum atomic E-state index is 10.6. The van der Waals surface area contributed by atoms with E-state index >= 15 is 0 Å². The fourth-order valence-corrected chi connectivity index (χ4v) is 1.37. The average molecular weight is 231 g/mol. The third-order valence-electron chi connectivity index (χ3n) is 2.06. The van der Waals surface area contributed by atoms with Gasteiger partial charge in [-0.05, 0) is 37.6 Å². The Morgan fingerprint density at radius 2 is 2.18 bits per heavy atom. The van der Waals surface area contributed by atoms with Crippen molar-refractivity contribution in [3.8, 4) is 5.75 Å². The van der Waals surface area contributed by atoms with E-state index in [0.717, 1.165) is 16.9 Å². The summed E-state index contributed by atoms with van der Waals surface area (Å²) in [6.45, 7) is 7.67. The number of carbonyl (C=O) groups excluding carboxylic acids is 1. The molecule has 3 nitrogen and oxygen atoms in total. The van der Waals surface area contributed by atoms with E-state index in [1.807, 2.05) is 32.0 Å². The zero-order valence-corrected chi connectivity index (χ0v) is 10.1. The van der Waals surface area contributed by atoms with Crippen molar-refractivity contribution in [3.05, 3.63) is 42.0 Å². The molecular weight excluding hydrogens is 214 g/mol. The van der Waals surface area contributed by atoms with Gasteiger partial charge >= 0.3 is 0 Å². The second kappa shape index (κ2) is 5.89. The Morgan fingerprint density at radius 1 is 1.47 bits per heavy atom. The minimum absolute atomic E-state index is 0.112. The van der Waals surface area contributed by atoms with Crippen LogP contribution in [0.2, 0.25) is 0 Å². The van der Waals surface area contributed by atoms with Crippen LogP contribution in [0.4, 0.5) is 0 Å². The number of rotatable bonds is 5. The van der Waals surface area contributed by atoms with Crippen molar-refractivity contribution in [2.45, 2.75) is 20.0 Å². The number of ether oxygens (including phenoxy) is 1. The molecule has 1 aromatic rings. The van der Waals surface area contributed by atoms with Gasteiger partial charge in [0.05, 0.1) is 6.10 Å². The number of nitrogens with two attached hydrogens (primary N) is 1. The molecule has 0 aliphatic rings. The Morgan fingerprint density at radius 3 is 2.71 bits per heavy atom. The van der Waals surface area contributed by atoms with Gasteiger partial charge in [-0.25, -0.2) is 0 Å². The molecule has 17 heavy (non-hydrogen) atoms. The van der Waals surface area contributed by atoms with E-state index in [1.165, 1.54) is 6.08 Å². The van der Waals surface area contributed by atoms with Gasteiger partial charge in [0.25, 0.3) is 0 Å². The van der Waals surface area contributed by atoms with E-state index in [2.05, 4.69) is 6.58 Å². The van der Waals surface area contributed by atoms with Crippen molar-refractivity contribution in [3.63, 3.8) is 0 Å². The minimum atomic E-state index is -0.465. The summed E-state index contributed by atoms with van der Waals surface area (Å²) in [5, 5.41) is 0. The highest BCUT2D eigenvalue weighted by molar-refractivity contribution is 5.90. The summed E-state index contributed by atoms with van der Waals surface area (Å²) in [5.74, 6) is 0.318. The van der Waals surface area contributed by atoms with Crippen LogP contribution in [0.15, 0.2) is 30.9 Å². The first-order valence-corrected chi connectivity index (χ1v) is 5.43. The Kier molecular flexibility index (Phi) is 4.52. The molecule has 2 N–H and O–H groups in total. The van der Waals surface area contributed by atoms with E-state index < -0.39 is 5.91 Å².